The number of aryl methyl sites for hydroxylation is 3. The van der Waals surface area contributed by atoms with Crippen molar-refractivity contribution in [2.45, 2.75) is 39.3 Å². The van der Waals surface area contributed by atoms with Crippen molar-refractivity contribution in [1.29, 1.82) is 0 Å². The van der Waals surface area contributed by atoms with Crippen LogP contribution in [0.1, 0.15) is 40.0 Å². The van der Waals surface area contributed by atoms with E-state index in [-0.39, 0.29) is 11.8 Å². The number of rotatable bonds is 9. The molecule has 0 spiro atoms. The highest BCUT2D eigenvalue weighted by molar-refractivity contribution is 6.01. The molecule has 0 bridgehead atoms. The van der Waals surface area contributed by atoms with Gasteiger partial charge < -0.3 is 30.7 Å². The molecule has 2 amide bonds. The molecule has 278 valence electrons. The lowest BCUT2D eigenvalue weighted by atomic mass is 9.99. The number of pyridine rings is 1. The second kappa shape index (κ2) is 13.9. The highest BCUT2D eigenvalue weighted by atomic mass is 16.2. The van der Waals surface area contributed by atoms with Gasteiger partial charge in [0, 0.05) is 88.6 Å². The Balaban J connectivity index is 0.749. The minimum Gasteiger partial charge on any atom is -0.369 e. The SMILES string of the molecule is Cc1cccc(C)c1Nc1nn(C)c2nc(Nc3ccc(N4CCN(CC5CN(c6ccc7c(n6)CN(C6CCCNC6=O)C7=O)C5)CC4)cc3)ncc12. The van der Waals surface area contributed by atoms with E-state index < -0.39 is 6.04 Å². The van der Waals surface area contributed by atoms with Crippen LogP contribution in [0.2, 0.25) is 0 Å². The van der Waals surface area contributed by atoms with E-state index in [2.05, 4.69) is 91.9 Å². The number of carbonyl (C=O) groups is 2. The molecule has 54 heavy (non-hydrogen) atoms. The number of piperidine rings is 1. The van der Waals surface area contributed by atoms with E-state index in [1.165, 1.54) is 5.69 Å². The average molecular weight is 727 g/mol. The highest BCUT2D eigenvalue weighted by Gasteiger charge is 2.39. The van der Waals surface area contributed by atoms with Gasteiger partial charge in [0.05, 0.1) is 23.2 Å². The van der Waals surface area contributed by atoms with Gasteiger partial charge in [0.25, 0.3) is 5.91 Å². The first kappa shape index (κ1) is 34.0. The minimum absolute atomic E-state index is 0.0528. The van der Waals surface area contributed by atoms with Crippen LogP contribution in [0.4, 0.5) is 34.6 Å². The van der Waals surface area contributed by atoms with Gasteiger partial charge in [0.1, 0.15) is 11.9 Å². The molecule has 14 heteroatoms. The van der Waals surface area contributed by atoms with Gasteiger partial charge in [-0.2, -0.15) is 10.1 Å². The molecule has 4 aliphatic rings. The quantitative estimate of drug-likeness (QED) is 0.200. The van der Waals surface area contributed by atoms with E-state index in [1.54, 1.807) is 9.58 Å². The maximum atomic E-state index is 13.0. The van der Waals surface area contributed by atoms with Crippen LogP contribution in [0.25, 0.3) is 11.0 Å². The molecule has 3 aromatic heterocycles. The van der Waals surface area contributed by atoms with E-state index in [1.807, 2.05) is 25.4 Å². The minimum atomic E-state index is -0.393. The van der Waals surface area contributed by atoms with Gasteiger partial charge in [-0.15, -0.1) is 0 Å². The maximum Gasteiger partial charge on any atom is 0.256 e. The van der Waals surface area contributed by atoms with Crippen molar-refractivity contribution in [2.24, 2.45) is 13.0 Å². The molecule has 4 aliphatic heterocycles. The lowest BCUT2D eigenvalue weighted by Crippen LogP contribution is -2.55. The number of aromatic nitrogens is 5. The Labute approximate surface area is 314 Å². The van der Waals surface area contributed by atoms with Gasteiger partial charge in [0.15, 0.2) is 11.5 Å². The number of carbonyl (C=O) groups excluding carboxylic acids is 2. The van der Waals surface area contributed by atoms with Crippen molar-refractivity contribution in [3.63, 3.8) is 0 Å². The van der Waals surface area contributed by atoms with Gasteiger partial charge in [-0.1, -0.05) is 18.2 Å². The zero-order valence-electron chi connectivity index (χ0n) is 31.0. The van der Waals surface area contributed by atoms with Crippen LogP contribution in [0.15, 0.2) is 60.8 Å². The molecule has 5 aromatic rings. The molecule has 1 atom stereocenters. The lowest BCUT2D eigenvalue weighted by Gasteiger charge is -2.44. The molecule has 3 N–H and O–H groups in total. The Morgan fingerprint density at radius 1 is 0.889 bits per heavy atom. The molecule has 0 radical (unpaired) electrons. The van der Waals surface area contributed by atoms with Crippen molar-refractivity contribution >= 4 is 57.5 Å². The monoisotopic (exact) mass is 726 g/mol. The van der Waals surface area contributed by atoms with E-state index in [0.717, 1.165) is 103 Å². The van der Waals surface area contributed by atoms with Crippen molar-refractivity contribution in [2.75, 3.05) is 72.8 Å². The van der Waals surface area contributed by atoms with Gasteiger partial charge >= 0.3 is 0 Å². The first-order valence-electron chi connectivity index (χ1n) is 19.0. The zero-order valence-corrected chi connectivity index (χ0v) is 31.0. The topological polar surface area (TPSA) is 140 Å². The first-order valence-corrected chi connectivity index (χ1v) is 19.0. The average Bonchev–Trinajstić information content (AvgIpc) is 3.66. The number of fused-ring (bicyclic) bond motifs is 2. The van der Waals surface area contributed by atoms with Crippen LogP contribution < -0.4 is 25.8 Å². The highest BCUT2D eigenvalue weighted by Crippen LogP contribution is 2.32. The zero-order chi connectivity index (χ0) is 36.9. The number of para-hydroxylation sites is 1. The van der Waals surface area contributed by atoms with Crippen molar-refractivity contribution < 1.29 is 9.59 Å². The Morgan fingerprint density at radius 3 is 2.43 bits per heavy atom. The molecular formula is C40H46N12O2. The van der Waals surface area contributed by atoms with Crippen LogP contribution in [-0.2, 0) is 18.4 Å². The van der Waals surface area contributed by atoms with E-state index in [9.17, 15) is 9.59 Å². The molecule has 2 aromatic carbocycles. The maximum absolute atomic E-state index is 13.0. The van der Waals surface area contributed by atoms with Gasteiger partial charge in [-0.05, 0) is 74.2 Å². The summed E-state index contributed by atoms with van der Waals surface area (Å²) in [6, 6.07) is 18.2. The summed E-state index contributed by atoms with van der Waals surface area (Å²) in [5, 5.41) is 15.3. The third-order valence-electron chi connectivity index (χ3n) is 11.4. The number of nitrogens with one attached hydrogen (secondary N) is 3. The summed E-state index contributed by atoms with van der Waals surface area (Å²) in [4.78, 5) is 48.8. The molecule has 7 heterocycles. The summed E-state index contributed by atoms with van der Waals surface area (Å²) in [6.07, 6.45) is 3.42. The molecule has 1 unspecified atom stereocenters. The molecule has 9 rings (SSSR count). The van der Waals surface area contributed by atoms with Gasteiger partial charge in [-0.3, -0.25) is 14.5 Å². The Morgan fingerprint density at radius 2 is 1.67 bits per heavy atom. The summed E-state index contributed by atoms with van der Waals surface area (Å²) in [6.45, 7) is 12.3. The predicted molar refractivity (Wildman–Crippen MR) is 210 cm³/mol. The van der Waals surface area contributed by atoms with Crippen LogP contribution in [0.5, 0.6) is 0 Å². The van der Waals surface area contributed by atoms with Gasteiger partial charge in [0.2, 0.25) is 11.9 Å². The van der Waals surface area contributed by atoms with Crippen molar-refractivity contribution in [1.82, 2.24) is 39.8 Å². The Bertz CT molecular complexity index is 2200. The molecule has 14 nitrogen and oxygen atoms in total. The Hall–Kier alpha value is -5.76. The lowest BCUT2D eigenvalue weighted by molar-refractivity contribution is -0.127. The Kier molecular flexibility index (Phi) is 8.76. The summed E-state index contributed by atoms with van der Waals surface area (Å²) < 4.78 is 1.78. The third-order valence-corrected chi connectivity index (χ3v) is 11.4. The summed E-state index contributed by atoms with van der Waals surface area (Å²) in [7, 11) is 1.90. The third kappa shape index (κ3) is 6.44. The predicted octanol–water partition coefficient (Wildman–Crippen LogP) is 4.36. The number of anilines is 6. The normalized spacial score (nSPS) is 19.2. The van der Waals surface area contributed by atoms with Crippen LogP contribution in [0.3, 0.4) is 0 Å². The molecule has 0 saturated carbocycles. The summed E-state index contributed by atoms with van der Waals surface area (Å²) >= 11 is 0. The van der Waals surface area contributed by atoms with E-state index >= 15 is 0 Å². The largest absolute Gasteiger partial charge is 0.369 e. The summed E-state index contributed by atoms with van der Waals surface area (Å²) in [5.74, 6) is 2.65. The van der Waals surface area contributed by atoms with Crippen molar-refractivity contribution in [3.8, 4) is 0 Å². The molecule has 3 saturated heterocycles. The number of benzene rings is 2. The fourth-order valence-corrected chi connectivity index (χ4v) is 8.31. The fraction of sp³-hybridized carbons (Fsp3) is 0.400. The first-order chi connectivity index (χ1) is 26.3. The van der Waals surface area contributed by atoms with Crippen molar-refractivity contribution in [3.05, 3.63) is 83.2 Å². The molecule has 0 aliphatic carbocycles. The molecular weight excluding hydrogens is 681 g/mol. The van der Waals surface area contributed by atoms with Gasteiger partial charge in [-0.25, -0.2) is 14.6 Å². The fourth-order valence-electron chi connectivity index (χ4n) is 8.31. The van der Waals surface area contributed by atoms with Crippen LogP contribution in [0, 0.1) is 19.8 Å². The smallest absolute Gasteiger partial charge is 0.256 e. The standard InChI is InChI=1S/C40H46N12O2/c1-25-6-4-7-26(2)35(25)45-36-31-20-42-40(46-37(31)48(3)47-36)43-28-9-11-29(12-10-28)50-18-16-49(17-19-50)21-27-22-51(23-27)34-14-13-30-32(44-34)24-52(39(30)54)33-8-5-15-41-38(33)53/h4,6-7,9-14,20,27,33H,5,8,15-19,21-24H2,1-3H3,(H,41,53)(H,45,47)(H,42,43,46). The second-order valence-electron chi connectivity index (χ2n) is 15.1. The number of nitrogens with zero attached hydrogens (tertiary/aromatic N) is 9. The number of piperazine rings is 1. The summed E-state index contributed by atoms with van der Waals surface area (Å²) in [5.41, 5.74) is 7.68. The second-order valence-corrected chi connectivity index (χ2v) is 15.1. The number of hydrogen-bond acceptors (Lipinski definition) is 11. The number of hydrogen-bond donors (Lipinski definition) is 3. The van der Waals surface area contributed by atoms with E-state index in [4.69, 9.17) is 15.1 Å². The van der Waals surface area contributed by atoms with E-state index in [0.29, 0.717) is 36.9 Å². The van der Waals surface area contributed by atoms with Crippen LogP contribution >= 0.6 is 0 Å². The molecule has 3 fully saturated rings. The van der Waals surface area contributed by atoms with Crippen LogP contribution in [-0.4, -0.2) is 105 Å². The number of amides is 2.